The lowest BCUT2D eigenvalue weighted by molar-refractivity contribution is -0.129. The van der Waals surface area contributed by atoms with Crippen molar-refractivity contribution in [2.45, 2.75) is 32.4 Å². The van der Waals surface area contributed by atoms with Gasteiger partial charge in [-0.05, 0) is 36.2 Å². The molecule has 1 aromatic heterocycles. The van der Waals surface area contributed by atoms with Crippen molar-refractivity contribution in [2.24, 2.45) is 5.92 Å². The minimum absolute atomic E-state index is 0.0241. The Kier molecular flexibility index (Phi) is 5.23. The average molecular weight is 384 g/mol. The number of hydrogen-bond donors (Lipinski definition) is 1. The van der Waals surface area contributed by atoms with Crippen LogP contribution in [0.25, 0.3) is 0 Å². The van der Waals surface area contributed by atoms with Crippen LogP contribution in [0, 0.1) is 5.92 Å². The lowest BCUT2D eigenvalue weighted by Gasteiger charge is -2.23. The molecule has 0 unspecified atom stereocenters. The van der Waals surface area contributed by atoms with Crippen LogP contribution in [0.4, 0.5) is 0 Å². The van der Waals surface area contributed by atoms with Gasteiger partial charge in [-0.3, -0.25) is 9.59 Å². The molecule has 4 rings (SSSR count). The van der Waals surface area contributed by atoms with Crippen molar-refractivity contribution in [3.05, 3.63) is 47.9 Å². The molecule has 2 atom stereocenters. The molecule has 7 nitrogen and oxygen atoms in total. The van der Waals surface area contributed by atoms with Gasteiger partial charge in [-0.1, -0.05) is 13.0 Å². The van der Waals surface area contributed by atoms with Gasteiger partial charge in [-0.2, -0.15) is 0 Å². The van der Waals surface area contributed by atoms with Crippen LogP contribution in [0.15, 0.2) is 41.0 Å². The number of furan rings is 1. The van der Waals surface area contributed by atoms with E-state index in [1.807, 2.05) is 31.2 Å². The zero-order valence-electron chi connectivity index (χ0n) is 15.8. The highest BCUT2D eigenvalue weighted by Crippen LogP contribution is 2.33. The standard InChI is InChI=1S/C21H24N2O5/c1-2-17(14-5-6-18-19(10-14)28-9-8-27-18)22-21(25)15-11-20(24)23(12-15)13-16-4-3-7-26-16/h3-7,10,15,17H,2,8-9,11-13H2,1H3,(H,22,25)/t15-,17-/m1/s1. The first-order valence-electron chi connectivity index (χ1n) is 9.64. The summed E-state index contributed by atoms with van der Waals surface area (Å²) in [6, 6.07) is 9.23. The minimum Gasteiger partial charge on any atom is -0.486 e. The van der Waals surface area contributed by atoms with Crippen molar-refractivity contribution in [2.75, 3.05) is 19.8 Å². The summed E-state index contributed by atoms with van der Waals surface area (Å²) in [5.74, 6) is 1.68. The van der Waals surface area contributed by atoms with Gasteiger partial charge in [0.2, 0.25) is 11.8 Å². The molecule has 7 heteroatoms. The molecule has 0 aliphatic carbocycles. The molecular weight excluding hydrogens is 360 g/mol. The fourth-order valence-electron chi connectivity index (χ4n) is 3.68. The first-order chi connectivity index (χ1) is 13.6. The third-order valence-electron chi connectivity index (χ3n) is 5.21. The topological polar surface area (TPSA) is 81.0 Å². The van der Waals surface area contributed by atoms with Crippen molar-refractivity contribution < 1.29 is 23.5 Å². The van der Waals surface area contributed by atoms with Gasteiger partial charge in [-0.15, -0.1) is 0 Å². The van der Waals surface area contributed by atoms with Crippen molar-refractivity contribution in [3.63, 3.8) is 0 Å². The molecule has 0 radical (unpaired) electrons. The van der Waals surface area contributed by atoms with Crippen LogP contribution in [0.1, 0.15) is 37.1 Å². The van der Waals surface area contributed by atoms with Crippen LogP contribution in [-0.2, 0) is 16.1 Å². The van der Waals surface area contributed by atoms with Crippen LogP contribution in [0.5, 0.6) is 11.5 Å². The third-order valence-corrected chi connectivity index (χ3v) is 5.21. The second kappa shape index (κ2) is 7.96. The van der Waals surface area contributed by atoms with Gasteiger partial charge in [0.1, 0.15) is 19.0 Å². The maximum Gasteiger partial charge on any atom is 0.225 e. The van der Waals surface area contributed by atoms with E-state index in [1.165, 1.54) is 0 Å². The van der Waals surface area contributed by atoms with E-state index in [0.717, 1.165) is 23.5 Å². The first kappa shape index (κ1) is 18.4. The Morgan fingerprint density at radius 1 is 1.25 bits per heavy atom. The lowest BCUT2D eigenvalue weighted by Crippen LogP contribution is -2.35. The van der Waals surface area contributed by atoms with Crippen molar-refractivity contribution in [1.29, 1.82) is 0 Å². The predicted octanol–water partition coefficient (Wildman–Crippen LogP) is 2.67. The molecule has 2 amide bonds. The summed E-state index contributed by atoms with van der Waals surface area (Å²) in [6.45, 7) is 3.89. The Hall–Kier alpha value is -2.96. The summed E-state index contributed by atoms with van der Waals surface area (Å²) in [5, 5.41) is 3.09. The normalized spacial score (nSPS) is 19.5. The molecule has 2 aromatic rings. The van der Waals surface area contributed by atoms with Crippen LogP contribution < -0.4 is 14.8 Å². The number of carbonyl (C=O) groups is 2. The fourth-order valence-corrected chi connectivity index (χ4v) is 3.68. The number of nitrogens with zero attached hydrogens (tertiary/aromatic N) is 1. The van der Waals surface area contributed by atoms with E-state index < -0.39 is 0 Å². The summed E-state index contributed by atoms with van der Waals surface area (Å²) >= 11 is 0. The van der Waals surface area contributed by atoms with Gasteiger partial charge in [0.15, 0.2) is 11.5 Å². The maximum absolute atomic E-state index is 12.8. The largest absolute Gasteiger partial charge is 0.486 e. The Morgan fingerprint density at radius 3 is 2.82 bits per heavy atom. The number of hydrogen-bond acceptors (Lipinski definition) is 5. The van der Waals surface area contributed by atoms with Gasteiger partial charge in [0.25, 0.3) is 0 Å². The maximum atomic E-state index is 12.8. The summed E-state index contributed by atoms with van der Waals surface area (Å²) < 4.78 is 16.5. The molecule has 148 valence electrons. The molecule has 2 aliphatic rings. The number of rotatable bonds is 6. The van der Waals surface area contributed by atoms with Crippen LogP contribution in [0.3, 0.4) is 0 Å². The van der Waals surface area contributed by atoms with Crippen molar-refractivity contribution in [1.82, 2.24) is 10.2 Å². The van der Waals surface area contributed by atoms with E-state index in [2.05, 4.69) is 5.32 Å². The number of likely N-dealkylation sites (tertiary alicyclic amines) is 1. The zero-order valence-corrected chi connectivity index (χ0v) is 15.8. The van der Waals surface area contributed by atoms with E-state index in [-0.39, 0.29) is 30.2 Å². The summed E-state index contributed by atoms with van der Waals surface area (Å²) in [5.41, 5.74) is 0.969. The third kappa shape index (κ3) is 3.83. The molecule has 1 N–H and O–H groups in total. The highest BCUT2D eigenvalue weighted by molar-refractivity contribution is 5.89. The van der Waals surface area contributed by atoms with Gasteiger partial charge in [0, 0.05) is 13.0 Å². The van der Waals surface area contributed by atoms with Gasteiger partial charge >= 0.3 is 0 Å². The Balaban J connectivity index is 1.40. The van der Waals surface area contributed by atoms with Crippen molar-refractivity contribution >= 4 is 11.8 Å². The first-order valence-corrected chi connectivity index (χ1v) is 9.64. The smallest absolute Gasteiger partial charge is 0.225 e. The minimum atomic E-state index is -0.353. The number of carbonyl (C=O) groups excluding carboxylic acids is 2. The average Bonchev–Trinajstić information content (AvgIpc) is 3.36. The number of ether oxygens (including phenoxy) is 2. The van der Waals surface area contributed by atoms with E-state index in [9.17, 15) is 9.59 Å². The predicted molar refractivity (Wildman–Crippen MR) is 101 cm³/mol. The van der Waals surface area contributed by atoms with E-state index in [4.69, 9.17) is 13.9 Å². The molecule has 3 heterocycles. The molecule has 0 saturated carbocycles. The summed E-state index contributed by atoms with van der Waals surface area (Å²) in [6.07, 6.45) is 2.55. The number of benzene rings is 1. The Labute approximate surface area is 163 Å². The van der Waals surface area contributed by atoms with Crippen LogP contribution >= 0.6 is 0 Å². The summed E-state index contributed by atoms with van der Waals surface area (Å²) in [4.78, 5) is 26.8. The number of nitrogens with one attached hydrogen (secondary N) is 1. The number of amides is 2. The van der Waals surface area contributed by atoms with Crippen LogP contribution in [0.2, 0.25) is 0 Å². The zero-order chi connectivity index (χ0) is 19.5. The molecule has 0 bridgehead atoms. The lowest BCUT2D eigenvalue weighted by atomic mass is 10.0. The second-order valence-corrected chi connectivity index (χ2v) is 7.13. The SMILES string of the molecule is CC[C@@H](NC(=O)[C@@H]1CC(=O)N(Cc2ccco2)C1)c1ccc2c(c1)OCCO2. The molecular formula is C21H24N2O5. The second-order valence-electron chi connectivity index (χ2n) is 7.13. The van der Waals surface area contributed by atoms with Crippen molar-refractivity contribution in [3.8, 4) is 11.5 Å². The molecule has 2 aliphatic heterocycles. The molecule has 1 fully saturated rings. The molecule has 0 spiro atoms. The highest BCUT2D eigenvalue weighted by Gasteiger charge is 2.35. The van der Waals surface area contributed by atoms with Gasteiger partial charge in [0.05, 0.1) is 24.8 Å². The number of fused-ring (bicyclic) bond motifs is 1. The molecule has 1 aromatic carbocycles. The van der Waals surface area contributed by atoms with E-state index in [0.29, 0.717) is 32.1 Å². The van der Waals surface area contributed by atoms with Crippen LogP contribution in [-0.4, -0.2) is 36.5 Å². The molecule has 1 saturated heterocycles. The monoisotopic (exact) mass is 384 g/mol. The summed E-state index contributed by atoms with van der Waals surface area (Å²) in [7, 11) is 0. The van der Waals surface area contributed by atoms with Gasteiger partial charge < -0.3 is 24.1 Å². The molecule has 28 heavy (non-hydrogen) atoms. The fraction of sp³-hybridized carbons (Fsp3) is 0.429. The van der Waals surface area contributed by atoms with E-state index in [1.54, 1.807) is 17.2 Å². The highest BCUT2D eigenvalue weighted by atomic mass is 16.6. The van der Waals surface area contributed by atoms with Gasteiger partial charge in [-0.25, -0.2) is 0 Å². The Bertz CT molecular complexity index is 848. The quantitative estimate of drug-likeness (QED) is 0.828. The van der Waals surface area contributed by atoms with E-state index >= 15 is 0 Å². The Morgan fingerprint density at radius 2 is 2.07 bits per heavy atom.